The van der Waals surface area contributed by atoms with Crippen molar-refractivity contribution in [2.45, 2.75) is 115 Å². The standard InChI is InChI=1S/C28H46O7S/c1-3-5-6-7-8-9-10-11-12-13-14-15-16-19-22-34-27(29)25-20-17-18-21-26(25)28(30)35-23-24(4-2)36(31,32)33/h17-18,20-21,24H,3-16,19,22-23H2,1-2H3,(H,31,32,33). The van der Waals surface area contributed by atoms with E-state index >= 15 is 0 Å². The number of ether oxygens (including phenoxy) is 2. The molecule has 0 bridgehead atoms. The fraction of sp³-hybridized carbons (Fsp3) is 0.714. The molecule has 0 radical (unpaired) electrons. The zero-order valence-electron chi connectivity index (χ0n) is 22.2. The summed E-state index contributed by atoms with van der Waals surface area (Å²) in [6.45, 7) is 3.60. The van der Waals surface area contributed by atoms with E-state index in [1.165, 1.54) is 82.8 Å². The summed E-state index contributed by atoms with van der Waals surface area (Å²) in [4.78, 5) is 24.9. The molecule has 0 aliphatic heterocycles. The van der Waals surface area contributed by atoms with Crippen molar-refractivity contribution >= 4 is 22.1 Å². The summed E-state index contributed by atoms with van der Waals surface area (Å²) in [5.74, 6) is -1.44. The van der Waals surface area contributed by atoms with E-state index in [1.807, 2.05) is 0 Å². The van der Waals surface area contributed by atoms with E-state index in [9.17, 15) is 22.6 Å². The van der Waals surface area contributed by atoms with Crippen LogP contribution in [0.25, 0.3) is 0 Å². The van der Waals surface area contributed by atoms with Gasteiger partial charge in [-0.2, -0.15) is 8.42 Å². The zero-order valence-corrected chi connectivity index (χ0v) is 23.0. The molecule has 0 aliphatic carbocycles. The molecule has 0 amide bonds. The van der Waals surface area contributed by atoms with E-state index in [0.29, 0.717) is 0 Å². The molecule has 1 rings (SSSR count). The van der Waals surface area contributed by atoms with E-state index in [0.717, 1.165) is 19.3 Å². The highest BCUT2D eigenvalue weighted by Gasteiger charge is 2.25. The molecule has 1 atom stereocenters. The van der Waals surface area contributed by atoms with Crippen LogP contribution in [0.15, 0.2) is 24.3 Å². The van der Waals surface area contributed by atoms with E-state index < -0.39 is 33.9 Å². The first-order chi connectivity index (χ1) is 17.3. The summed E-state index contributed by atoms with van der Waals surface area (Å²) in [7, 11) is -4.32. The van der Waals surface area contributed by atoms with Gasteiger partial charge in [0.05, 0.1) is 17.7 Å². The summed E-state index contributed by atoms with van der Waals surface area (Å²) >= 11 is 0. The second-order valence-corrected chi connectivity index (χ2v) is 11.1. The van der Waals surface area contributed by atoms with Crippen LogP contribution in [0, 0.1) is 0 Å². The van der Waals surface area contributed by atoms with Crippen molar-refractivity contribution in [1.82, 2.24) is 0 Å². The SMILES string of the molecule is CCCCCCCCCCCCCCCCOC(=O)c1ccccc1C(=O)OCC(CC)S(=O)(=O)O. The third-order valence-corrected chi connectivity index (χ3v) is 7.69. The second kappa shape index (κ2) is 19.2. The van der Waals surface area contributed by atoms with Crippen LogP contribution >= 0.6 is 0 Å². The summed E-state index contributed by atoms with van der Waals surface area (Å²) in [5, 5.41) is -1.21. The Bertz CT molecular complexity index is 851. The Morgan fingerprint density at radius 3 is 1.56 bits per heavy atom. The lowest BCUT2D eigenvalue weighted by atomic mass is 10.0. The number of rotatable bonds is 21. The van der Waals surface area contributed by atoms with Gasteiger partial charge in [-0.15, -0.1) is 0 Å². The van der Waals surface area contributed by atoms with Crippen LogP contribution in [0.4, 0.5) is 0 Å². The summed E-state index contributed by atoms with van der Waals surface area (Å²) < 4.78 is 42.2. The van der Waals surface area contributed by atoms with Gasteiger partial charge >= 0.3 is 11.9 Å². The van der Waals surface area contributed by atoms with E-state index in [-0.39, 0.29) is 24.2 Å². The molecule has 0 fully saturated rings. The van der Waals surface area contributed by atoms with Gasteiger partial charge in [-0.05, 0) is 25.0 Å². The van der Waals surface area contributed by atoms with Crippen LogP contribution in [0.3, 0.4) is 0 Å². The normalized spacial score (nSPS) is 12.3. The second-order valence-electron chi connectivity index (χ2n) is 9.42. The van der Waals surface area contributed by atoms with Crippen LogP contribution in [-0.2, 0) is 19.6 Å². The smallest absolute Gasteiger partial charge is 0.339 e. The topological polar surface area (TPSA) is 107 Å². The molecule has 1 N–H and O–H groups in total. The molecule has 0 saturated carbocycles. The molecule has 0 aliphatic rings. The third kappa shape index (κ3) is 14.0. The summed E-state index contributed by atoms with van der Waals surface area (Å²) in [5.41, 5.74) is 0.0846. The van der Waals surface area contributed by atoms with Crippen molar-refractivity contribution < 1.29 is 32.0 Å². The van der Waals surface area contributed by atoms with Gasteiger partial charge in [0.25, 0.3) is 10.1 Å². The van der Waals surface area contributed by atoms with Crippen LogP contribution < -0.4 is 0 Å². The molecular formula is C28H46O7S. The predicted molar refractivity (Wildman–Crippen MR) is 143 cm³/mol. The van der Waals surface area contributed by atoms with Crippen molar-refractivity contribution in [2.75, 3.05) is 13.2 Å². The zero-order chi connectivity index (χ0) is 26.7. The Morgan fingerprint density at radius 2 is 1.14 bits per heavy atom. The van der Waals surface area contributed by atoms with Gasteiger partial charge in [-0.1, -0.05) is 109 Å². The maximum absolute atomic E-state index is 12.5. The molecule has 206 valence electrons. The third-order valence-electron chi connectivity index (χ3n) is 6.37. The first-order valence-corrected chi connectivity index (χ1v) is 15.2. The first-order valence-electron chi connectivity index (χ1n) is 13.7. The quantitative estimate of drug-likeness (QED) is 0.103. The van der Waals surface area contributed by atoms with Crippen molar-refractivity contribution in [2.24, 2.45) is 0 Å². The molecule has 0 heterocycles. The molecule has 36 heavy (non-hydrogen) atoms. The Kier molecular flexibility index (Phi) is 17.1. The minimum absolute atomic E-state index is 0.00801. The highest BCUT2D eigenvalue weighted by atomic mass is 32.2. The Labute approximate surface area is 218 Å². The molecule has 8 heteroatoms. The monoisotopic (exact) mass is 526 g/mol. The van der Waals surface area contributed by atoms with E-state index in [2.05, 4.69) is 6.92 Å². The fourth-order valence-corrected chi connectivity index (χ4v) is 4.70. The van der Waals surface area contributed by atoms with E-state index in [4.69, 9.17) is 9.47 Å². The first kappa shape index (κ1) is 32.1. The predicted octanol–water partition coefficient (Wildman–Crippen LogP) is 7.15. The van der Waals surface area contributed by atoms with Crippen molar-refractivity contribution in [1.29, 1.82) is 0 Å². The van der Waals surface area contributed by atoms with Crippen LogP contribution in [0.1, 0.15) is 131 Å². The lowest BCUT2D eigenvalue weighted by Crippen LogP contribution is -2.27. The molecule has 1 aromatic rings. The summed E-state index contributed by atoms with van der Waals surface area (Å²) in [6.07, 6.45) is 17.5. The Balaban J connectivity index is 2.22. The van der Waals surface area contributed by atoms with Crippen LogP contribution in [0.2, 0.25) is 0 Å². The number of hydrogen-bond donors (Lipinski definition) is 1. The Hall–Kier alpha value is -1.93. The average molecular weight is 527 g/mol. The molecular weight excluding hydrogens is 480 g/mol. The van der Waals surface area contributed by atoms with Crippen LogP contribution in [0.5, 0.6) is 0 Å². The highest BCUT2D eigenvalue weighted by molar-refractivity contribution is 7.86. The average Bonchev–Trinajstić information content (AvgIpc) is 2.85. The number of carbonyl (C=O) groups is 2. The minimum Gasteiger partial charge on any atom is -0.462 e. The summed E-state index contributed by atoms with van der Waals surface area (Å²) in [6, 6.07) is 6.11. The molecule has 0 spiro atoms. The number of unbranched alkanes of at least 4 members (excludes halogenated alkanes) is 13. The maximum atomic E-state index is 12.5. The van der Waals surface area contributed by atoms with Crippen LogP contribution in [-0.4, -0.2) is 43.4 Å². The van der Waals surface area contributed by atoms with Gasteiger partial charge in [0.15, 0.2) is 0 Å². The lowest BCUT2D eigenvalue weighted by Gasteiger charge is -2.13. The lowest BCUT2D eigenvalue weighted by molar-refractivity contribution is 0.0452. The molecule has 0 aromatic heterocycles. The number of esters is 2. The number of carbonyl (C=O) groups excluding carboxylic acids is 2. The fourth-order valence-electron chi connectivity index (χ4n) is 4.04. The number of hydrogen-bond acceptors (Lipinski definition) is 6. The van der Waals surface area contributed by atoms with Gasteiger partial charge in [0.2, 0.25) is 0 Å². The van der Waals surface area contributed by atoms with Gasteiger partial charge in [-0.3, -0.25) is 4.55 Å². The van der Waals surface area contributed by atoms with Gasteiger partial charge < -0.3 is 9.47 Å². The molecule has 1 aromatic carbocycles. The van der Waals surface area contributed by atoms with Crippen molar-refractivity contribution in [3.63, 3.8) is 0 Å². The minimum atomic E-state index is -4.32. The van der Waals surface area contributed by atoms with Crippen molar-refractivity contribution in [3.05, 3.63) is 35.4 Å². The van der Waals surface area contributed by atoms with E-state index in [1.54, 1.807) is 19.1 Å². The van der Waals surface area contributed by atoms with Gasteiger partial charge in [0.1, 0.15) is 11.9 Å². The van der Waals surface area contributed by atoms with Gasteiger partial charge in [-0.25, -0.2) is 9.59 Å². The maximum Gasteiger partial charge on any atom is 0.339 e. The molecule has 7 nitrogen and oxygen atoms in total. The Morgan fingerprint density at radius 1 is 0.722 bits per heavy atom. The van der Waals surface area contributed by atoms with Gasteiger partial charge in [0, 0.05) is 0 Å². The molecule has 1 unspecified atom stereocenters. The number of benzene rings is 1. The highest BCUT2D eigenvalue weighted by Crippen LogP contribution is 2.15. The largest absolute Gasteiger partial charge is 0.462 e. The molecule has 0 saturated heterocycles. The van der Waals surface area contributed by atoms with Crippen molar-refractivity contribution in [3.8, 4) is 0 Å².